The van der Waals surface area contributed by atoms with Gasteiger partial charge in [-0.2, -0.15) is 9.40 Å². The van der Waals surface area contributed by atoms with Gasteiger partial charge in [-0.1, -0.05) is 5.16 Å². The Bertz CT molecular complexity index is 1020. The first-order valence-corrected chi connectivity index (χ1v) is 9.81. The summed E-state index contributed by atoms with van der Waals surface area (Å²) in [5.41, 5.74) is 2.95. The smallest absolute Gasteiger partial charge is 0.248 e. The fourth-order valence-corrected chi connectivity index (χ4v) is 5.01. The summed E-state index contributed by atoms with van der Waals surface area (Å²) < 4.78 is 34.6. The first-order chi connectivity index (χ1) is 12.5. The van der Waals surface area contributed by atoms with Crippen molar-refractivity contribution in [2.45, 2.75) is 38.3 Å². The summed E-state index contributed by atoms with van der Waals surface area (Å²) in [5.74, 6) is 0.316. The molecule has 0 aliphatic carbocycles. The lowest BCUT2D eigenvalue weighted by Crippen LogP contribution is -2.31. The van der Waals surface area contributed by atoms with Crippen LogP contribution in [0.25, 0.3) is 11.3 Å². The van der Waals surface area contributed by atoms with E-state index in [9.17, 15) is 8.42 Å². The molecule has 0 saturated heterocycles. The van der Waals surface area contributed by atoms with Crippen LogP contribution in [0.15, 0.2) is 40.0 Å². The molecule has 0 fully saturated rings. The molecule has 0 aromatic carbocycles. The maximum atomic E-state index is 13.1. The summed E-state index contributed by atoms with van der Waals surface area (Å²) in [5, 5.41) is 8.40. The van der Waals surface area contributed by atoms with Crippen LogP contribution in [0.5, 0.6) is 0 Å². The molecule has 9 heteroatoms. The molecule has 26 heavy (non-hydrogen) atoms. The van der Waals surface area contributed by atoms with E-state index in [0.29, 0.717) is 31.0 Å². The topological polar surface area (TPSA) is 94.1 Å². The lowest BCUT2D eigenvalue weighted by molar-refractivity contribution is 0.387. The number of pyridine rings is 1. The molecule has 1 aliphatic rings. The second-order valence-electron chi connectivity index (χ2n) is 6.33. The molecule has 0 saturated carbocycles. The van der Waals surface area contributed by atoms with Crippen molar-refractivity contribution < 1.29 is 12.9 Å². The fourth-order valence-electron chi connectivity index (χ4n) is 3.27. The molecule has 4 rings (SSSR count). The number of nitrogens with zero attached hydrogens (tertiary/aromatic N) is 5. The van der Waals surface area contributed by atoms with Gasteiger partial charge in [0.25, 0.3) is 0 Å². The molecule has 0 radical (unpaired) electrons. The van der Waals surface area contributed by atoms with Gasteiger partial charge in [0.2, 0.25) is 10.0 Å². The summed E-state index contributed by atoms with van der Waals surface area (Å²) >= 11 is 0. The van der Waals surface area contributed by atoms with Gasteiger partial charge in [-0.3, -0.25) is 9.67 Å². The summed E-state index contributed by atoms with van der Waals surface area (Å²) in [6, 6.07) is 5.72. The fraction of sp³-hybridized carbons (Fsp3) is 0.353. The Kier molecular flexibility index (Phi) is 4.12. The molecule has 0 N–H and O–H groups in total. The standard InChI is InChI=1S/C17H19N5O3S/c1-12-17(13(2)25-20-12)26(23,24)21-7-4-8-22-15(11-21)9-16(19-22)14-5-3-6-18-10-14/h3,5-6,9-10H,4,7-8,11H2,1-2H3. The van der Waals surface area contributed by atoms with E-state index in [4.69, 9.17) is 4.52 Å². The van der Waals surface area contributed by atoms with Gasteiger partial charge in [-0.15, -0.1) is 0 Å². The second-order valence-corrected chi connectivity index (χ2v) is 8.21. The molecule has 4 heterocycles. The third-order valence-corrected chi connectivity index (χ3v) is 6.59. The van der Waals surface area contributed by atoms with Crippen LogP contribution < -0.4 is 0 Å². The van der Waals surface area contributed by atoms with Crippen molar-refractivity contribution in [3.63, 3.8) is 0 Å². The van der Waals surface area contributed by atoms with Crippen molar-refractivity contribution in [2.24, 2.45) is 0 Å². The number of rotatable bonds is 3. The zero-order chi connectivity index (χ0) is 18.3. The van der Waals surface area contributed by atoms with Crippen molar-refractivity contribution in [3.05, 3.63) is 47.7 Å². The van der Waals surface area contributed by atoms with E-state index < -0.39 is 10.0 Å². The van der Waals surface area contributed by atoms with Crippen molar-refractivity contribution in [1.29, 1.82) is 0 Å². The highest BCUT2D eigenvalue weighted by atomic mass is 32.2. The van der Waals surface area contributed by atoms with E-state index in [-0.39, 0.29) is 11.4 Å². The molecular weight excluding hydrogens is 354 g/mol. The Balaban J connectivity index is 1.69. The van der Waals surface area contributed by atoms with E-state index >= 15 is 0 Å². The highest BCUT2D eigenvalue weighted by Crippen LogP contribution is 2.27. The zero-order valence-corrected chi connectivity index (χ0v) is 15.4. The molecule has 0 unspecified atom stereocenters. The Morgan fingerprint density at radius 1 is 1.23 bits per heavy atom. The molecule has 8 nitrogen and oxygen atoms in total. The molecule has 3 aromatic heterocycles. The monoisotopic (exact) mass is 373 g/mol. The Labute approximate surface area is 151 Å². The van der Waals surface area contributed by atoms with Crippen molar-refractivity contribution >= 4 is 10.0 Å². The van der Waals surface area contributed by atoms with Gasteiger partial charge in [0.1, 0.15) is 10.6 Å². The van der Waals surface area contributed by atoms with Crippen LogP contribution in [-0.2, 0) is 23.1 Å². The maximum Gasteiger partial charge on any atom is 0.248 e. The average molecular weight is 373 g/mol. The normalized spacial score (nSPS) is 15.6. The highest BCUT2D eigenvalue weighted by molar-refractivity contribution is 7.89. The van der Waals surface area contributed by atoms with Crippen LogP contribution in [0.4, 0.5) is 0 Å². The van der Waals surface area contributed by atoms with Crippen molar-refractivity contribution in [2.75, 3.05) is 6.54 Å². The molecule has 0 spiro atoms. The minimum absolute atomic E-state index is 0.165. The first-order valence-electron chi connectivity index (χ1n) is 8.37. The Morgan fingerprint density at radius 2 is 2.08 bits per heavy atom. The van der Waals surface area contributed by atoms with E-state index in [1.54, 1.807) is 26.2 Å². The van der Waals surface area contributed by atoms with Gasteiger partial charge in [0.05, 0.1) is 17.9 Å². The first kappa shape index (κ1) is 16.9. The third-order valence-electron chi connectivity index (χ3n) is 4.50. The largest absolute Gasteiger partial charge is 0.360 e. The van der Waals surface area contributed by atoms with Gasteiger partial charge in [0, 0.05) is 31.0 Å². The van der Waals surface area contributed by atoms with Crippen molar-refractivity contribution in [1.82, 2.24) is 24.2 Å². The molecular formula is C17H19N5O3S. The quantitative estimate of drug-likeness (QED) is 0.698. The number of hydrogen-bond donors (Lipinski definition) is 0. The number of aryl methyl sites for hydroxylation is 3. The molecule has 0 atom stereocenters. The predicted octanol–water partition coefficient (Wildman–Crippen LogP) is 2.14. The van der Waals surface area contributed by atoms with Gasteiger partial charge in [-0.05, 0) is 38.5 Å². The molecule has 136 valence electrons. The van der Waals surface area contributed by atoms with Crippen LogP contribution in [0.3, 0.4) is 0 Å². The number of fused-ring (bicyclic) bond motifs is 1. The van der Waals surface area contributed by atoms with Gasteiger partial charge in [0.15, 0.2) is 5.76 Å². The number of aromatic nitrogens is 4. The highest BCUT2D eigenvalue weighted by Gasteiger charge is 2.32. The Hall–Kier alpha value is -2.52. The van der Waals surface area contributed by atoms with Crippen LogP contribution >= 0.6 is 0 Å². The van der Waals surface area contributed by atoms with Gasteiger partial charge < -0.3 is 4.52 Å². The predicted molar refractivity (Wildman–Crippen MR) is 93.6 cm³/mol. The van der Waals surface area contributed by atoms with Crippen LogP contribution in [0, 0.1) is 13.8 Å². The molecule has 0 amide bonds. The second kappa shape index (κ2) is 6.33. The van der Waals surface area contributed by atoms with E-state index in [0.717, 1.165) is 17.0 Å². The lowest BCUT2D eigenvalue weighted by atomic mass is 10.2. The van der Waals surface area contributed by atoms with E-state index in [1.807, 2.05) is 22.9 Å². The average Bonchev–Trinajstić information content (AvgIpc) is 3.11. The number of sulfonamides is 1. The lowest BCUT2D eigenvalue weighted by Gasteiger charge is -2.19. The van der Waals surface area contributed by atoms with Crippen LogP contribution in [0.1, 0.15) is 23.6 Å². The third kappa shape index (κ3) is 2.82. The number of hydrogen-bond acceptors (Lipinski definition) is 6. The summed E-state index contributed by atoms with van der Waals surface area (Å²) in [7, 11) is -3.68. The van der Waals surface area contributed by atoms with Crippen LogP contribution in [-0.4, -0.2) is 39.2 Å². The van der Waals surface area contributed by atoms with Gasteiger partial charge >= 0.3 is 0 Å². The minimum atomic E-state index is -3.68. The Morgan fingerprint density at radius 3 is 2.77 bits per heavy atom. The molecule has 0 bridgehead atoms. The summed E-state index contributed by atoms with van der Waals surface area (Å²) in [6.45, 7) is 4.63. The maximum absolute atomic E-state index is 13.1. The van der Waals surface area contributed by atoms with Gasteiger partial charge in [-0.25, -0.2) is 8.42 Å². The minimum Gasteiger partial charge on any atom is -0.360 e. The SMILES string of the molecule is Cc1noc(C)c1S(=O)(=O)N1CCCn2nc(-c3cccnc3)cc2C1. The van der Waals surface area contributed by atoms with E-state index in [1.165, 1.54) is 4.31 Å². The summed E-state index contributed by atoms with van der Waals surface area (Å²) in [6.07, 6.45) is 4.15. The van der Waals surface area contributed by atoms with Crippen LogP contribution in [0.2, 0.25) is 0 Å². The molecule has 1 aliphatic heterocycles. The molecule has 3 aromatic rings. The summed E-state index contributed by atoms with van der Waals surface area (Å²) in [4.78, 5) is 4.28. The van der Waals surface area contributed by atoms with Crippen molar-refractivity contribution in [3.8, 4) is 11.3 Å². The zero-order valence-electron chi connectivity index (χ0n) is 14.6. The van der Waals surface area contributed by atoms with E-state index in [2.05, 4.69) is 15.2 Å².